The van der Waals surface area contributed by atoms with Crippen LogP contribution in [0.2, 0.25) is 0 Å². The van der Waals surface area contributed by atoms with E-state index in [1.54, 1.807) is 24.4 Å². The number of esters is 1. The minimum Gasteiger partial charge on any atom is -0.462 e. The van der Waals surface area contributed by atoms with Crippen LogP contribution >= 0.6 is 23.1 Å². The number of carbonyl (C=O) groups is 1. The van der Waals surface area contributed by atoms with E-state index in [0.717, 1.165) is 23.1 Å². The molecule has 0 unspecified atom stereocenters. The zero-order chi connectivity index (χ0) is 16.4. The number of hydrogen-bond acceptors (Lipinski definition) is 8. The van der Waals surface area contributed by atoms with Gasteiger partial charge in [-0.2, -0.15) is 8.75 Å². The molecule has 3 aromatic rings. The number of aromatic nitrogens is 2. The second-order valence-electron chi connectivity index (χ2n) is 4.38. The number of ether oxygens (including phenoxy) is 1. The number of fused-ring (bicyclic) bond motifs is 1. The molecule has 0 amide bonds. The number of nitrogens with one attached hydrogen (secondary N) is 1. The van der Waals surface area contributed by atoms with Crippen molar-refractivity contribution in [2.45, 2.75) is 11.8 Å². The number of rotatable bonds is 5. The fourth-order valence-electron chi connectivity index (χ4n) is 1.93. The molecule has 0 radical (unpaired) electrons. The molecule has 0 aliphatic rings. The predicted molar refractivity (Wildman–Crippen MR) is 88.5 cm³/mol. The standard InChI is InChI=1S/C13H11N3O4S3/c1-2-20-13(17)8-6-7-21-12(8)16-23(18,19)10-5-3-4-9-11(10)15-22-14-9/h3-7,16H,2H2,1H3. The van der Waals surface area contributed by atoms with Gasteiger partial charge in [0.15, 0.2) is 0 Å². The van der Waals surface area contributed by atoms with E-state index in [1.165, 1.54) is 12.1 Å². The summed E-state index contributed by atoms with van der Waals surface area (Å²) < 4.78 is 40.6. The Morgan fingerprint density at radius 2 is 2.13 bits per heavy atom. The van der Waals surface area contributed by atoms with Gasteiger partial charge >= 0.3 is 5.97 Å². The van der Waals surface area contributed by atoms with Gasteiger partial charge in [0.05, 0.1) is 23.9 Å². The summed E-state index contributed by atoms with van der Waals surface area (Å²) in [6, 6.07) is 6.25. The van der Waals surface area contributed by atoms with Gasteiger partial charge in [-0.25, -0.2) is 13.2 Å². The first-order valence-electron chi connectivity index (χ1n) is 6.51. The molecule has 0 bridgehead atoms. The molecule has 0 saturated carbocycles. The van der Waals surface area contributed by atoms with Crippen LogP contribution in [0.4, 0.5) is 5.00 Å². The van der Waals surface area contributed by atoms with Crippen molar-refractivity contribution < 1.29 is 17.9 Å². The summed E-state index contributed by atoms with van der Waals surface area (Å²) in [5.74, 6) is -0.569. The maximum absolute atomic E-state index is 12.6. The van der Waals surface area contributed by atoms with E-state index in [1.807, 2.05) is 0 Å². The fraction of sp³-hybridized carbons (Fsp3) is 0.154. The van der Waals surface area contributed by atoms with Crippen molar-refractivity contribution in [3.05, 3.63) is 35.2 Å². The second-order valence-corrected chi connectivity index (χ2v) is 7.47. The first-order valence-corrected chi connectivity index (χ1v) is 9.61. The number of benzene rings is 1. The number of thiophene rings is 1. The van der Waals surface area contributed by atoms with Crippen molar-refractivity contribution in [1.29, 1.82) is 0 Å². The zero-order valence-electron chi connectivity index (χ0n) is 11.8. The molecule has 0 saturated heterocycles. The smallest absolute Gasteiger partial charge is 0.341 e. The van der Waals surface area contributed by atoms with Gasteiger partial charge in [-0.05, 0) is 30.5 Å². The highest BCUT2D eigenvalue weighted by Gasteiger charge is 2.23. The highest BCUT2D eigenvalue weighted by atomic mass is 32.2. The van der Waals surface area contributed by atoms with E-state index < -0.39 is 16.0 Å². The Bertz CT molecular complexity index is 962. The number of hydrogen-bond donors (Lipinski definition) is 1. The van der Waals surface area contributed by atoms with Gasteiger partial charge in [-0.1, -0.05) is 6.07 Å². The second kappa shape index (κ2) is 6.22. The van der Waals surface area contributed by atoms with Crippen molar-refractivity contribution in [3.8, 4) is 0 Å². The zero-order valence-corrected chi connectivity index (χ0v) is 14.3. The number of carbonyl (C=O) groups excluding carboxylic acids is 1. The van der Waals surface area contributed by atoms with Crippen LogP contribution in [0.5, 0.6) is 0 Å². The van der Waals surface area contributed by atoms with E-state index >= 15 is 0 Å². The van der Waals surface area contributed by atoms with Crippen LogP contribution in [-0.2, 0) is 14.8 Å². The van der Waals surface area contributed by atoms with Crippen LogP contribution in [0.25, 0.3) is 11.0 Å². The van der Waals surface area contributed by atoms with Crippen molar-refractivity contribution in [1.82, 2.24) is 8.75 Å². The topological polar surface area (TPSA) is 98.2 Å². The first-order chi connectivity index (χ1) is 11.0. The fourth-order valence-corrected chi connectivity index (χ4v) is 4.81. The van der Waals surface area contributed by atoms with Gasteiger partial charge < -0.3 is 4.74 Å². The summed E-state index contributed by atoms with van der Waals surface area (Å²) in [7, 11) is -3.89. The maximum Gasteiger partial charge on any atom is 0.341 e. The van der Waals surface area contributed by atoms with Gasteiger partial charge in [-0.3, -0.25) is 4.72 Å². The monoisotopic (exact) mass is 369 g/mol. The van der Waals surface area contributed by atoms with Crippen LogP contribution in [0.15, 0.2) is 34.5 Å². The summed E-state index contributed by atoms with van der Waals surface area (Å²) in [6.45, 7) is 1.90. The average Bonchev–Trinajstić information content (AvgIpc) is 3.15. The van der Waals surface area contributed by atoms with E-state index in [2.05, 4.69) is 13.5 Å². The van der Waals surface area contributed by atoms with Gasteiger partial charge in [0.2, 0.25) is 0 Å². The molecule has 120 valence electrons. The molecule has 7 nitrogen and oxygen atoms in total. The number of anilines is 1. The molecule has 1 N–H and O–H groups in total. The van der Waals surface area contributed by atoms with Gasteiger partial charge in [-0.15, -0.1) is 11.3 Å². The van der Waals surface area contributed by atoms with Crippen LogP contribution in [-0.4, -0.2) is 29.7 Å². The Labute approximate surface area is 140 Å². The third kappa shape index (κ3) is 3.05. The van der Waals surface area contributed by atoms with Gasteiger partial charge in [0.25, 0.3) is 10.0 Å². The molecule has 10 heteroatoms. The number of nitrogens with zero attached hydrogens (tertiary/aromatic N) is 2. The van der Waals surface area contributed by atoms with E-state index in [9.17, 15) is 13.2 Å². The lowest BCUT2D eigenvalue weighted by atomic mass is 10.3. The highest BCUT2D eigenvalue weighted by Crippen LogP contribution is 2.29. The molecule has 0 atom stereocenters. The van der Waals surface area contributed by atoms with Gasteiger partial charge in [0.1, 0.15) is 20.9 Å². The summed E-state index contributed by atoms with van der Waals surface area (Å²) in [5, 5.41) is 1.83. The predicted octanol–water partition coefficient (Wildman–Crippen LogP) is 2.73. The lowest BCUT2D eigenvalue weighted by Gasteiger charge is -2.08. The molecular formula is C13H11N3O4S3. The minimum atomic E-state index is -3.89. The molecular weight excluding hydrogens is 358 g/mol. The van der Waals surface area contributed by atoms with Crippen LogP contribution in [0.3, 0.4) is 0 Å². The molecule has 1 aromatic carbocycles. The first kappa shape index (κ1) is 15.8. The Morgan fingerprint density at radius 1 is 1.30 bits per heavy atom. The molecule has 0 spiro atoms. The highest BCUT2D eigenvalue weighted by molar-refractivity contribution is 7.93. The van der Waals surface area contributed by atoms with Crippen LogP contribution in [0.1, 0.15) is 17.3 Å². The summed E-state index contributed by atoms with van der Waals surface area (Å²) in [4.78, 5) is 11.9. The maximum atomic E-state index is 12.6. The van der Waals surface area contributed by atoms with Crippen LogP contribution < -0.4 is 4.72 Å². The van der Waals surface area contributed by atoms with Crippen LogP contribution in [0, 0.1) is 0 Å². The van der Waals surface area contributed by atoms with E-state index in [0.29, 0.717) is 11.0 Å². The van der Waals surface area contributed by atoms with Gasteiger partial charge in [0, 0.05) is 0 Å². The Hall–Kier alpha value is -2.04. The molecule has 2 heterocycles. The van der Waals surface area contributed by atoms with Crippen molar-refractivity contribution in [2.24, 2.45) is 0 Å². The van der Waals surface area contributed by atoms with E-state index in [4.69, 9.17) is 4.74 Å². The van der Waals surface area contributed by atoms with Crippen molar-refractivity contribution in [2.75, 3.05) is 11.3 Å². The summed E-state index contributed by atoms with van der Waals surface area (Å²) >= 11 is 2.05. The minimum absolute atomic E-state index is 0.0203. The lowest BCUT2D eigenvalue weighted by Crippen LogP contribution is -2.15. The number of sulfonamides is 1. The normalized spacial score (nSPS) is 11.5. The Balaban J connectivity index is 1.98. The Morgan fingerprint density at radius 3 is 2.91 bits per heavy atom. The average molecular weight is 369 g/mol. The summed E-state index contributed by atoms with van der Waals surface area (Å²) in [5.41, 5.74) is 0.998. The lowest BCUT2D eigenvalue weighted by molar-refractivity contribution is 0.0528. The molecule has 23 heavy (non-hydrogen) atoms. The SMILES string of the molecule is CCOC(=O)c1ccsc1NS(=O)(=O)c1cccc2nsnc12. The summed E-state index contributed by atoms with van der Waals surface area (Å²) in [6.07, 6.45) is 0. The van der Waals surface area contributed by atoms with E-state index in [-0.39, 0.29) is 22.1 Å². The Kier molecular flexibility index (Phi) is 4.28. The van der Waals surface area contributed by atoms with Crippen molar-refractivity contribution in [3.63, 3.8) is 0 Å². The largest absolute Gasteiger partial charge is 0.462 e. The van der Waals surface area contributed by atoms with Crippen molar-refractivity contribution >= 4 is 55.1 Å². The molecule has 0 aliphatic heterocycles. The molecule has 0 fully saturated rings. The molecule has 0 aliphatic carbocycles. The quantitative estimate of drug-likeness (QED) is 0.694. The third-order valence-corrected chi connectivity index (χ3v) is 5.81. The molecule has 3 rings (SSSR count). The molecule has 2 aromatic heterocycles. The third-order valence-electron chi connectivity index (χ3n) is 2.93.